The van der Waals surface area contributed by atoms with Gasteiger partial charge in [0.25, 0.3) is 0 Å². The van der Waals surface area contributed by atoms with Crippen molar-refractivity contribution in [1.29, 1.82) is 0 Å². The lowest BCUT2D eigenvalue weighted by atomic mass is 9.84. The van der Waals surface area contributed by atoms with Crippen LogP contribution < -0.4 is 0 Å². The highest BCUT2D eigenvalue weighted by Crippen LogP contribution is 2.35. The Labute approximate surface area is 619 Å². The monoisotopic (exact) mass is 1460 g/mol. The summed E-state index contributed by atoms with van der Waals surface area (Å²) in [5, 5.41) is 0. The quantitative estimate of drug-likeness (QED) is 0.0523. The minimum Gasteiger partial charge on any atom is -0.385 e. The molecule has 0 aromatic heterocycles. The van der Waals surface area contributed by atoms with E-state index in [1.165, 1.54) is 116 Å². The molecule has 0 atom stereocenters. The van der Waals surface area contributed by atoms with Crippen molar-refractivity contribution in [2.24, 2.45) is 43.3 Å². The summed E-state index contributed by atoms with van der Waals surface area (Å²) in [5.41, 5.74) is 2.63. The number of ether oxygens (including phenoxy) is 20. The van der Waals surface area contributed by atoms with E-state index in [4.69, 9.17) is 94.7 Å². The highest BCUT2D eigenvalue weighted by Gasteiger charge is 2.40. The maximum Gasteiger partial charge on any atom is 0.0700 e. The van der Waals surface area contributed by atoms with Crippen molar-refractivity contribution in [2.75, 3.05) is 267 Å². The molecule has 8 aliphatic heterocycles. The summed E-state index contributed by atoms with van der Waals surface area (Å²) in [4.78, 5) is 0. The normalized spacial score (nSPS) is 20.1. The molecule has 8 fully saturated rings. The Bertz CT molecular complexity index is 1710. The first-order valence-electron chi connectivity index (χ1n) is 39.9. The minimum atomic E-state index is 0.272. The smallest absolute Gasteiger partial charge is 0.0700 e. The van der Waals surface area contributed by atoms with Crippen LogP contribution in [-0.4, -0.2) is 267 Å². The topological polar surface area (TPSA) is 185 Å². The van der Waals surface area contributed by atoms with E-state index in [1.54, 1.807) is 42.7 Å². The second-order valence-electron chi connectivity index (χ2n) is 31.8. The molecule has 8 rings (SSSR count). The van der Waals surface area contributed by atoms with E-state index in [-0.39, 0.29) is 5.41 Å². The van der Waals surface area contributed by atoms with Gasteiger partial charge in [-0.05, 0) is 77.0 Å². The first-order valence-corrected chi connectivity index (χ1v) is 39.9. The second kappa shape index (κ2) is 62.0. The summed E-state index contributed by atoms with van der Waals surface area (Å²) in [7, 11) is 10.4. The van der Waals surface area contributed by atoms with Gasteiger partial charge in [-0.25, -0.2) is 0 Å². The number of hydrogen-bond donors (Lipinski definition) is 0. The lowest BCUT2D eigenvalue weighted by molar-refractivity contribution is -0.150. The van der Waals surface area contributed by atoms with Crippen LogP contribution in [0.25, 0.3) is 0 Å². The maximum absolute atomic E-state index is 5.78. The van der Waals surface area contributed by atoms with E-state index in [1.807, 2.05) is 0 Å². The molecule has 0 saturated carbocycles. The van der Waals surface area contributed by atoms with Crippen LogP contribution in [0.4, 0.5) is 0 Å². The summed E-state index contributed by atoms with van der Waals surface area (Å²) >= 11 is 0. The van der Waals surface area contributed by atoms with Crippen molar-refractivity contribution in [3.63, 3.8) is 0 Å². The Kier molecular flexibility index (Phi) is 60.3. The summed E-state index contributed by atoms with van der Waals surface area (Å²) in [6.45, 7) is 51.2. The van der Waals surface area contributed by atoms with Gasteiger partial charge in [-0.1, -0.05) is 140 Å². The molecule has 8 saturated heterocycles. The number of hydrogen-bond acceptors (Lipinski definition) is 20. The summed E-state index contributed by atoms with van der Waals surface area (Å²) in [6, 6.07) is 0. The molecule has 0 aromatic carbocycles. The molecule has 0 spiro atoms. The zero-order valence-electron chi connectivity index (χ0n) is 68.5. The fraction of sp³-hybridized carbons (Fsp3) is 1.00. The van der Waals surface area contributed by atoms with Crippen LogP contribution >= 0.6 is 0 Å². The van der Waals surface area contributed by atoms with Crippen molar-refractivity contribution in [1.82, 2.24) is 0 Å². The Balaban J connectivity index is 0.000000582. The van der Waals surface area contributed by atoms with Gasteiger partial charge in [0.2, 0.25) is 0 Å². The molecule has 8 aliphatic rings. The van der Waals surface area contributed by atoms with E-state index >= 15 is 0 Å². The molecule has 8 heterocycles. The van der Waals surface area contributed by atoms with Gasteiger partial charge in [0.1, 0.15) is 0 Å². The summed E-state index contributed by atoms with van der Waals surface area (Å²) in [6.07, 6.45) is 28.5. The molecule has 101 heavy (non-hydrogen) atoms. The van der Waals surface area contributed by atoms with Crippen LogP contribution in [0.3, 0.4) is 0 Å². The van der Waals surface area contributed by atoms with E-state index in [0.29, 0.717) is 51.1 Å². The van der Waals surface area contributed by atoms with E-state index in [0.717, 1.165) is 244 Å². The SMILES string of the molecule is CCC1(COC)COC1.CCC1(COCCCCCCOC)COC1.CCC1(COCCCCOC)COC1.CCCCCCCCCOCC1(CC)COC1.CCCCCCOCC1(C)COC1.COCC1(C)COC1.COCCCCOCC1(C)COC1.COCCOCC1(C)COC1. The van der Waals surface area contributed by atoms with Gasteiger partial charge >= 0.3 is 0 Å². The molecular formula is C81H162O20. The van der Waals surface area contributed by atoms with Crippen molar-refractivity contribution in [3.05, 3.63) is 0 Å². The Morgan fingerprint density at radius 3 is 0.624 bits per heavy atom. The van der Waals surface area contributed by atoms with Crippen LogP contribution in [-0.2, 0) is 94.7 Å². The number of rotatable bonds is 53. The molecule has 0 amide bonds. The average Bonchev–Trinajstić information content (AvgIpc) is 0.801. The van der Waals surface area contributed by atoms with E-state index in [2.05, 4.69) is 69.2 Å². The Hall–Kier alpha value is -0.800. The van der Waals surface area contributed by atoms with E-state index in [9.17, 15) is 0 Å². The zero-order chi connectivity index (χ0) is 74.4. The molecule has 0 bridgehead atoms. The van der Waals surface area contributed by atoms with Gasteiger partial charge < -0.3 is 94.7 Å². The Morgan fingerprint density at radius 2 is 0.406 bits per heavy atom. The first kappa shape index (κ1) is 98.2. The van der Waals surface area contributed by atoms with Gasteiger partial charge in [-0.2, -0.15) is 0 Å². The molecule has 0 aliphatic carbocycles. The standard InChI is InChI=1S/C15H30O2.C13H26O3.C11H22O3.C11H22O2.C10H20O3.C8H16O3.C7H14O2.C6H12O2/c1-3-5-6-7-8-9-10-11-16-12-15(4-2)13-17-14-15;1-3-13(11-16-12-13)10-15-9-7-5-4-6-8-14-2;1-3-11(9-14-10-11)8-13-7-5-4-6-12-2;1-3-4-5-6-7-12-8-11(2)9-13-10-11;1-10(8-13-9-10)7-12-6-4-3-5-11-2;1-8(6-11-7-8)5-10-4-3-9-2;1-3-7(4-8-2)5-9-6-7;1-6(3-7-2)4-8-5-6/h3-14H2,1-2H3;3-12H2,1-2H3;3-10H2,1-2H3;3-10H2,1-2H3;3-9H2,1-2H3;3-7H2,1-2H3;3-6H2,1-2H3;3-5H2,1-2H3. The van der Waals surface area contributed by atoms with Crippen molar-refractivity contribution < 1.29 is 94.7 Å². The Morgan fingerprint density at radius 1 is 0.198 bits per heavy atom. The van der Waals surface area contributed by atoms with Gasteiger partial charge in [-0.15, -0.1) is 0 Å². The second-order valence-corrected chi connectivity index (χ2v) is 31.8. The van der Waals surface area contributed by atoms with Crippen molar-refractivity contribution in [3.8, 4) is 0 Å². The molecule has 0 aromatic rings. The molecular weight excluding hydrogens is 1290 g/mol. The van der Waals surface area contributed by atoms with Crippen LogP contribution in [0.1, 0.15) is 217 Å². The van der Waals surface area contributed by atoms with Crippen molar-refractivity contribution >= 4 is 0 Å². The summed E-state index contributed by atoms with van der Waals surface area (Å²) in [5.74, 6) is 0. The summed E-state index contributed by atoms with van der Waals surface area (Å²) < 4.78 is 105. The third-order valence-corrected chi connectivity index (χ3v) is 20.0. The molecule has 0 N–H and O–H groups in total. The van der Waals surface area contributed by atoms with Crippen LogP contribution in [0.2, 0.25) is 0 Å². The lowest BCUT2D eigenvalue weighted by Crippen LogP contribution is -2.45. The fourth-order valence-corrected chi connectivity index (χ4v) is 11.4. The zero-order valence-corrected chi connectivity index (χ0v) is 68.5. The molecule has 0 unspecified atom stereocenters. The van der Waals surface area contributed by atoms with Gasteiger partial charge in [0.15, 0.2) is 0 Å². The molecule has 606 valence electrons. The van der Waals surface area contributed by atoms with Crippen molar-refractivity contribution in [2.45, 2.75) is 217 Å². The molecule has 0 radical (unpaired) electrons. The number of methoxy groups -OCH3 is 6. The minimum absolute atomic E-state index is 0.272. The highest BCUT2D eigenvalue weighted by molar-refractivity contribution is 4.87. The van der Waals surface area contributed by atoms with Gasteiger partial charge in [0, 0.05) is 139 Å². The fourth-order valence-electron chi connectivity index (χ4n) is 11.4. The van der Waals surface area contributed by atoms with Crippen LogP contribution in [0.15, 0.2) is 0 Å². The third-order valence-electron chi connectivity index (χ3n) is 20.0. The molecule has 20 nitrogen and oxygen atoms in total. The number of unbranched alkanes of at least 4 members (excludes halogenated alkanes) is 14. The predicted molar refractivity (Wildman–Crippen MR) is 405 cm³/mol. The third kappa shape index (κ3) is 47.7. The van der Waals surface area contributed by atoms with E-state index < -0.39 is 0 Å². The van der Waals surface area contributed by atoms with Gasteiger partial charge in [0.05, 0.1) is 172 Å². The largest absolute Gasteiger partial charge is 0.385 e. The van der Waals surface area contributed by atoms with Crippen LogP contribution in [0.5, 0.6) is 0 Å². The maximum atomic E-state index is 5.78. The van der Waals surface area contributed by atoms with Crippen LogP contribution in [0, 0.1) is 43.3 Å². The molecule has 20 heteroatoms. The highest BCUT2D eigenvalue weighted by atomic mass is 16.6. The average molecular weight is 1460 g/mol. The first-order chi connectivity index (χ1) is 48.9. The lowest BCUT2D eigenvalue weighted by Gasteiger charge is -2.40. The van der Waals surface area contributed by atoms with Gasteiger partial charge in [-0.3, -0.25) is 0 Å². The predicted octanol–water partition coefficient (Wildman–Crippen LogP) is 15.2.